The van der Waals surface area contributed by atoms with E-state index in [0.29, 0.717) is 17.0 Å². The van der Waals surface area contributed by atoms with Crippen LogP contribution in [0.3, 0.4) is 0 Å². The first-order valence-electron chi connectivity index (χ1n) is 10.4. The number of aliphatic hydroxyl groups is 1. The van der Waals surface area contributed by atoms with E-state index in [1.54, 1.807) is 19.9 Å². The van der Waals surface area contributed by atoms with E-state index in [2.05, 4.69) is 25.3 Å². The van der Waals surface area contributed by atoms with Crippen LogP contribution in [0.4, 0.5) is 29.7 Å². The van der Waals surface area contributed by atoms with E-state index in [1.807, 2.05) is 0 Å². The summed E-state index contributed by atoms with van der Waals surface area (Å²) >= 11 is 0. The van der Waals surface area contributed by atoms with Crippen LogP contribution in [0.2, 0.25) is 0 Å². The maximum Gasteiger partial charge on any atom is 0.416 e. The van der Waals surface area contributed by atoms with Crippen molar-refractivity contribution in [3.8, 4) is 11.1 Å². The first-order valence-corrected chi connectivity index (χ1v) is 10.4. The van der Waals surface area contributed by atoms with E-state index in [0.717, 1.165) is 12.1 Å². The number of halogens is 3. The van der Waals surface area contributed by atoms with Crippen LogP contribution < -0.4 is 10.2 Å². The zero-order valence-electron chi connectivity index (χ0n) is 18.2. The van der Waals surface area contributed by atoms with Crippen LogP contribution in [-0.2, 0) is 10.9 Å². The van der Waals surface area contributed by atoms with Crippen LogP contribution in [0, 0.1) is 0 Å². The van der Waals surface area contributed by atoms with Crippen molar-refractivity contribution >= 4 is 17.9 Å². The normalized spacial score (nSPS) is 17.9. The molecule has 0 unspecified atom stereocenters. The molecule has 3 heterocycles. The molecule has 12 heteroatoms. The van der Waals surface area contributed by atoms with Crippen molar-refractivity contribution in [2.75, 3.05) is 16.8 Å². The molecular formula is C22H21F3N6O3. The monoisotopic (exact) mass is 474 g/mol. The molecule has 3 atom stereocenters. The molecule has 34 heavy (non-hydrogen) atoms. The fraction of sp³-hybridized carbons (Fsp3) is 0.318. The van der Waals surface area contributed by atoms with Gasteiger partial charge in [0, 0.05) is 24.2 Å². The Morgan fingerprint density at radius 1 is 1.15 bits per heavy atom. The van der Waals surface area contributed by atoms with E-state index in [1.165, 1.54) is 35.6 Å². The minimum absolute atomic E-state index is 0.0474. The molecule has 1 saturated heterocycles. The molecule has 0 aliphatic carbocycles. The van der Waals surface area contributed by atoms with Crippen LogP contribution >= 0.6 is 0 Å². The molecule has 9 nitrogen and oxygen atoms in total. The molecule has 1 amide bonds. The molecule has 1 aliphatic rings. The van der Waals surface area contributed by atoms with Crippen LogP contribution in [0.1, 0.15) is 31.3 Å². The van der Waals surface area contributed by atoms with Crippen molar-refractivity contribution < 1.29 is 27.8 Å². The molecule has 0 spiro atoms. The third-order valence-corrected chi connectivity index (χ3v) is 5.28. The van der Waals surface area contributed by atoms with E-state index < -0.39 is 36.0 Å². The molecule has 2 aromatic heterocycles. The molecule has 0 radical (unpaired) electrons. The number of benzene rings is 1. The van der Waals surface area contributed by atoms with Crippen LogP contribution in [-0.4, -0.2) is 49.9 Å². The third kappa shape index (κ3) is 4.91. The number of carbonyl (C=O) groups is 1. The summed E-state index contributed by atoms with van der Waals surface area (Å²) in [7, 11) is 0. The average Bonchev–Trinajstić information content (AvgIpc) is 3.20. The Bertz CT molecular complexity index is 1170. The highest BCUT2D eigenvalue weighted by Gasteiger charge is 2.38. The second kappa shape index (κ2) is 9.21. The standard InChI is InChI=1S/C22H21F3N6O3/c1-12(19-27-9-15(10-28-19)14-4-3-5-16(8-14)22(23,24)25)29-20-26-7-6-18(30-20)31-17(13(2)32)11-34-21(31)33/h3-10,12-13,17,32H,11H2,1-2H3,(H,26,29,30)/t12-,13-,17-/m1/s1. The molecule has 1 fully saturated rings. The zero-order chi connectivity index (χ0) is 24.5. The number of alkyl halides is 3. The van der Waals surface area contributed by atoms with Crippen molar-refractivity contribution in [3.63, 3.8) is 0 Å². The van der Waals surface area contributed by atoms with E-state index in [-0.39, 0.29) is 18.4 Å². The molecule has 178 valence electrons. The van der Waals surface area contributed by atoms with Crippen LogP contribution in [0.5, 0.6) is 0 Å². The van der Waals surface area contributed by atoms with Gasteiger partial charge in [0.05, 0.1) is 17.7 Å². The van der Waals surface area contributed by atoms with Gasteiger partial charge in [-0.05, 0) is 37.6 Å². The van der Waals surface area contributed by atoms with Crippen molar-refractivity contribution in [1.29, 1.82) is 0 Å². The molecule has 2 N–H and O–H groups in total. The topological polar surface area (TPSA) is 113 Å². The lowest BCUT2D eigenvalue weighted by Gasteiger charge is -2.23. The quantitative estimate of drug-likeness (QED) is 0.554. The maximum absolute atomic E-state index is 13.0. The predicted molar refractivity (Wildman–Crippen MR) is 116 cm³/mol. The fourth-order valence-corrected chi connectivity index (χ4v) is 3.45. The van der Waals surface area contributed by atoms with Crippen LogP contribution in [0.15, 0.2) is 48.9 Å². The zero-order valence-corrected chi connectivity index (χ0v) is 18.2. The minimum atomic E-state index is -4.44. The second-order valence-corrected chi connectivity index (χ2v) is 7.77. The number of aromatic nitrogens is 4. The number of cyclic esters (lactones) is 1. The largest absolute Gasteiger partial charge is 0.447 e. The summed E-state index contributed by atoms with van der Waals surface area (Å²) in [5, 5.41) is 13.0. The lowest BCUT2D eigenvalue weighted by molar-refractivity contribution is -0.137. The summed E-state index contributed by atoms with van der Waals surface area (Å²) in [4.78, 5) is 30.4. The molecule has 0 saturated carbocycles. The molecule has 1 aromatic carbocycles. The highest BCUT2D eigenvalue weighted by molar-refractivity contribution is 5.89. The van der Waals surface area contributed by atoms with Gasteiger partial charge in [0.2, 0.25) is 5.95 Å². The Labute approximate surface area is 192 Å². The second-order valence-electron chi connectivity index (χ2n) is 7.77. The molecule has 3 aromatic rings. The SMILES string of the molecule is C[C@@H](Nc1nccc(N2C(=O)OC[C@@H]2[C@@H](C)O)n1)c1ncc(-c2cccc(C(F)(F)F)c2)cn1. The van der Waals surface area contributed by atoms with Gasteiger partial charge in [-0.25, -0.2) is 19.7 Å². The Hall–Kier alpha value is -3.80. The predicted octanol–water partition coefficient (Wildman–Crippen LogP) is 3.83. The summed E-state index contributed by atoms with van der Waals surface area (Å²) in [6, 6.07) is 5.44. The van der Waals surface area contributed by atoms with Gasteiger partial charge in [-0.1, -0.05) is 12.1 Å². The number of rotatable bonds is 6. The van der Waals surface area contributed by atoms with Gasteiger partial charge in [-0.3, -0.25) is 4.90 Å². The summed E-state index contributed by atoms with van der Waals surface area (Å²) in [5.74, 6) is 0.825. The van der Waals surface area contributed by atoms with Crippen molar-refractivity contribution in [2.24, 2.45) is 0 Å². The van der Waals surface area contributed by atoms with Gasteiger partial charge in [-0.15, -0.1) is 0 Å². The first kappa shape index (κ1) is 23.4. The molecule has 4 rings (SSSR count). The van der Waals surface area contributed by atoms with Crippen molar-refractivity contribution in [1.82, 2.24) is 19.9 Å². The number of hydrogen-bond donors (Lipinski definition) is 2. The maximum atomic E-state index is 13.0. The Balaban J connectivity index is 1.49. The lowest BCUT2D eigenvalue weighted by atomic mass is 10.1. The van der Waals surface area contributed by atoms with Gasteiger partial charge in [0.1, 0.15) is 24.3 Å². The Morgan fingerprint density at radius 2 is 1.88 bits per heavy atom. The van der Waals surface area contributed by atoms with Gasteiger partial charge >= 0.3 is 12.3 Å². The van der Waals surface area contributed by atoms with Gasteiger partial charge in [0.15, 0.2) is 0 Å². The lowest BCUT2D eigenvalue weighted by Crippen LogP contribution is -2.41. The highest BCUT2D eigenvalue weighted by Crippen LogP contribution is 2.32. The molecular weight excluding hydrogens is 453 g/mol. The van der Waals surface area contributed by atoms with Gasteiger partial charge < -0.3 is 15.2 Å². The molecule has 0 bridgehead atoms. The number of hydrogen-bond acceptors (Lipinski definition) is 8. The summed E-state index contributed by atoms with van der Waals surface area (Å²) in [5.41, 5.74) is 0.0426. The minimum Gasteiger partial charge on any atom is -0.447 e. The summed E-state index contributed by atoms with van der Waals surface area (Å²) in [6.07, 6.45) is -1.52. The number of nitrogens with zero attached hydrogens (tertiary/aromatic N) is 5. The first-order chi connectivity index (χ1) is 16.1. The number of aliphatic hydroxyl groups excluding tert-OH is 1. The van der Waals surface area contributed by atoms with Crippen molar-refractivity contribution in [2.45, 2.75) is 38.2 Å². The van der Waals surface area contributed by atoms with Crippen molar-refractivity contribution in [3.05, 3.63) is 60.3 Å². The average molecular weight is 474 g/mol. The van der Waals surface area contributed by atoms with E-state index in [4.69, 9.17) is 4.74 Å². The van der Waals surface area contributed by atoms with E-state index >= 15 is 0 Å². The Kier molecular flexibility index (Phi) is 6.33. The third-order valence-electron chi connectivity index (χ3n) is 5.28. The summed E-state index contributed by atoms with van der Waals surface area (Å²) in [6.45, 7) is 3.37. The fourth-order valence-electron chi connectivity index (χ4n) is 3.45. The van der Waals surface area contributed by atoms with E-state index in [9.17, 15) is 23.1 Å². The summed E-state index contributed by atoms with van der Waals surface area (Å²) < 4.78 is 44.0. The highest BCUT2D eigenvalue weighted by atomic mass is 19.4. The number of amides is 1. The Morgan fingerprint density at radius 3 is 2.56 bits per heavy atom. The number of nitrogens with one attached hydrogen (secondary N) is 1. The number of anilines is 2. The number of carbonyl (C=O) groups excluding carboxylic acids is 1. The van der Waals surface area contributed by atoms with Gasteiger partial charge in [0.25, 0.3) is 0 Å². The smallest absolute Gasteiger partial charge is 0.416 e. The van der Waals surface area contributed by atoms with Crippen LogP contribution in [0.25, 0.3) is 11.1 Å². The number of ether oxygens (including phenoxy) is 1. The van der Waals surface area contributed by atoms with Gasteiger partial charge in [-0.2, -0.15) is 18.2 Å². The molecule has 1 aliphatic heterocycles.